The quantitative estimate of drug-likeness (QED) is 0.716. The lowest BCUT2D eigenvalue weighted by Gasteiger charge is -2.25. The molecule has 0 saturated carbocycles. The lowest BCUT2D eigenvalue weighted by atomic mass is 9.84. The minimum atomic E-state index is -0.869. The SMILES string of the molecule is CC(C)(C)CC(CNC(=O)NC1CCOCC1)C(=O)O. The van der Waals surface area contributed by atoms with E-state index in [1.165, 1.54) is 0 Å². The summed E-state index contributed by atoms with van der Waals surface area (Å²) in [6.07, 6.45) is 2.13. The summed E-state index contributed by atoms with van der Waals surface area (Å²) in [7, 11) is 0. The van der Waals surface area contributed by atoms with Gasteiger partial charge >= 0.3 is 12.0 Å². The molecule has 1 unspecified atom stereocenters. The molecule has 6 nitrogen and oxygen atoms in total. The maximum Gasteiger partial charge on any atom is 0.315 e. The highest BCUT2D eigenvalue weighted by Gasteiger charge is 2.25. The molecule has 1 atom stereocenters. The molecule has 0 aliphatic carbocycles. The first kappa shape index (κ1) is 16.8. The molecule has 6 heteroatoms. The van der Waals surface area contributed by atoms with Gasteiger partial charge in [0.25, 0.3) is 0 Å². The largest absolute Gasteiger partial charge is 0.481 e. The number of aliphatic carboxylic acids is 1. The van der Waals surface area contributed by atoms with Crippen LogP contribution in [0.4, 0.5) is 4.79 Å². The number of nitrogens with one attached hydrogen (secondary N) is 2. The molecule has 1 aliphatic heterocycles. The normalized spacial score (nSPS) is 18.4. The summed E-state index contributed by atoms with van der Waals surface area (Å²) in [5.41, 5.74) is -0.0814. The third-order valence-electron chi connectivity index (χ3n) is 3.27. The summed E-state index contributed by atoms with van der Waals surface area (Å²) in [5.74, 6) is -1.43. The van der Waals surface area contributed by atoms with E-state index in [9.17, 15) is 14.7 Å². The molecule has 1 rings (SSSR count). The molecule has 0 aromatic rings. The predicted molar refractivity (Wildman–Crippen MR) is 75.6 cm³/mol. The van der Waals surface area contributed by atoms with Crippen LogP contribution in [0.2, 0.25) is 0 Å². The minimum Gasteiger partial charge on any atom is -0.481 e. The van der Waals surface area contributed by atoms with Crippen LogP contribution in [0, 0.1) is 11.3 Å². The zero-order valence-electron chi connectivity index (χ0n) is 12.6. The molecule has 0 aromatic heterocycles. The average molecular weight is 286 g/mol. The summed E-state index contributed by atoms with van der Waals surface area (Å²) in [5, 5.41) is 14.7. The van der Waals surface area contributed by atoms with Crippen molar-refractivity contribution in [3.8, 4) is 0 Å². The second-order valence-corrected chi connectivity index (χ2v) is 6.54. The molecule has 1 heterocycles. The van der Waals surface area contributed by atoms with Crippen molar-refractivity contribution in [3.63, 3.8) is 0 Å². The Morgan fingerprint density at radius 3 is 2.40 bits per heavy atom. The Labute approximate surface area is 120 Å². The number of carboxylic acid groups (broad SMARTS) is 1. The van der Waals surface area contributed by atoms with Gasteiger partial charge in [0.15, 0.2) is 0 Å². The maximum atomic E-state index is 11.7. The fraction of sp³-hybridized carbons (Fsp3) is 0.857. The van der Waals surface area contributed by atoms with Gasteiger partial charge in [-0.25, -0.2) is 4.79 Å². The van der Waals surface area contributed by atoms with Crippen LogP contribution < -0.4 is 10.6 Å². The maximum absolute atomic E-state index is 11.7. The summed E-state index contributed by atoms with van der Waals surface area (Å²) in [4.78, 5) is 22.9. The van der Waals surface area contributed by atoms with Gasteiger partial charge in [-0.2, -0.15) is 0 Å². The van der Waals surface area contributed by atoms with Crippen molar-refractivity contribution in [1.29, 1.82) is 0 Å². The van der Waals surface area contributed by atoms with Crippen LogP contribution in [0.3, 0.4) is 0 Å². The standard InChI is InChI=1S/C14H26N2O4/c1-14(2,3)8-10(12(17)18)9-15-13(19)16-11-4-6-20-7-5-11/h10-11H,4-9H2,1-3H3,(H,17,18)(H2,15,16,19). The van der Waals surface area contributed by atoms with Crippen LogP contribution in [0.15, 0.2) is 0 Å². The second kappa shape index (κ2) is 7.47. The van der Waals surface area contributed by atoms with E-state index in [2.05, 4.69) is 10.6 Å². The highest BCUT2D eigenvalue weighted by atomic mass is 16.5. The number of rotatable bonds is 5. The Balaban J connectivity index is 2.34. The Bertz CT molecular complexity index is 333. The van der Waals surface area contributed by atoms with Crippen LogP contribution in [-0.2, 0) is 9.53 Å². The smallest absolute Gasteiger partial charge is 0.315 e. The molecule has 0 spiro atoms. The first-order valence-corrected chi connectivity index (χ1v) is 7.13. The number of hydrogen-bond donors (Lipinski definition) is 3. The van der Waals surface area contributed by atoms with Gasteiger partial charge in [-0.15, -0.1) is 0 Å². The van der Waals surface area contributed by atoms with Crippen LogP contribution in [0.1, 0.15) is 40.0 Å². The molecular weight excluding hydrogens is 260 g/mol. The Hall–Kier alpha value is -1.30. The van der Waals surface area contributed by atoms with Crippen molar-refractivity contribution in [2.75, 3.05) is 19.8 Å². The number of carbonyl (C=O) groups excluding carboxylic acids is 1. The van der Waals surface area contributed by atoms with E-state index in [4.69, 9.17) is 4.74 Å². The fourth-order valence-electron chi connectivity index (χ4n) is 2.28. The van der Waals surface area contributed by atoms with Crippen LogP contribution in [-0.4, -0.2) is 42.9 Å². The summed E-state index contributed by atoms with van der Waals surface area (Å²) < 4.78 is 5.22. The fourth-order valence-corrected chi connectivity index (χ4v) is 2.28. The van der Waals surface area contributed by atoms with Crippen molar-refractivity contribution in [2.24, 2.45) is 11.3 Å². The second-order valence-electron chi connectivity index (χ2n) is 6.54. The highest BCUT2D eigenvalue weighted by Crippen LogP contribution is 2.24. The third kappa shape index (κ3) is 6.75. The van der Waals surface area contributed by atoms with Crippen molar-refractivity contribution in [2.45, 2.75) is 46.1 Å². The van der Waals surface area contributed by atoms with Crippen LogP contribution in [0.25, 0.3) is 0 Å². The molecule has 1 fully saturated rings. The molecule has 3 N–H and O–H groups in total. The number of ether oxygens (including phenoxy) is 1. The summed E-state index contributed by atoms with van der Waals surface area (Å²) in [6, 6.07) is -0.174. The summed E-state index contributed by atoms with van der Waals surface area (Å²) >= 11 is 0. The van der Waals surface area contributed by atoms with Gasteiger partial charge in [0.05, 0.1) is 5.92 Å². The van der Waals surface area contributed by atoms with E-state index in [-0.39, 0.29) is 24.0 Å². The van der Waals surface area contributed by atoms with E-state index < -0.39 is 11.9 Å². The van der Waals surface area contributed by atoms with Gasteiger partial charge in [-0.05, 0) is 24.7 Å². The third-order valence-corrected chi connectivity index (χ3v) is 3.27. The lowest BCUT2D eigenvalue weighted by Crippen LogP contribution is -2.46. The zero-order chi connectivity index (χ0) is 15.2. The van der Waals surface area contributed by atoms with E-state index in [1.807, 2.05) is 20.8 Å². The molecule has 20 heavy (non-hydrogen) atoms. The first-order chi connectivity index (χ1) is 9.28. The van der Waals surface area contributed by atoms with Crippen molar-refractivity contribution < 1.29 is 19.4 Å². The van der Waals surface area contributed by atoms with Gasteiger partial charge in [-0.3, -0.25) is 4.79 Å². The molecular formula is C14H26N2O4. The highest BCUT2D eigenvalue weighted by molar-refractivity contribution is 5.76. The monoisotopic (exact) mass is 286 g/mol. The summed E-state index contributed by atoms with van der Waals surface area (Å²) in [6.45, 7) is 7.45. The number of hydrogen-bond acceptors (Lipinski definition) is 3. The number of carboxylic acids is 1. The van der Waals surface area contributed by atoms with Crippen molar-refractivity contribution in [1.82, 2.24) is 10.6 Å². The van der Waals surface area contributed by atoms with E-state index in [1.54, 1.807) is 0 Å². The van der Waals surface area contributed by atoms with E-state index in [0.29, 0.717) is 19.6 Å². The average Bonchev–Trinajstić information content (AvgIpc) is 2.34. The van der Waals surface area contributed by atoms with Gasteiger partial charge in [-0.1, -0.05) is 20.8 Å². The van der Waals surface area contributed by atoms with E-state index >= 15 is 0 Å². The van der Waals surface area contributed by atoms with E-state index in [0.717, 1.165) is 12.8 Å². The molecule has 2 amide bonds. The van der Waals surface area contributed by atoms with Crippen LogP contribution >= 0.6 is 0 Å². The van der Waals surface area contributed by atoms with Crippen molar-refractivity contribution >= 4 is 12.0 Å². The van der Waals surface area contributed by atoms with Gasteiger partial charge in [0.2, 0.25) is 0 Å². The molecule has 1 saturated heterocycles. The van der Waals surface area contributed by atoms with Crippen molar-refractivity contribution in [3.05, 3.63) is 0 Å². The Morgan fingerprint density at radius 1 is 1.30 bits per heavy atom. The Morgan fingerprint density at radius 2 is 1.90 bits per heavy atom. The zero-order valence-corrected chi connectivity index (χ0v) is 12.6. The molecule has 116 valence electrons. The topological polar surface area (TPSA) is 87.7 Å². The number of carbonyl (C=O) groups is 2. The van der Waals surface area contributed by atoms with Gasteiger partial charge in [0, 0.05) is 25.8 Å². The molecule has 0 radical (unpaired) electrons. The minimum absolute atomic E-state index is 0.0814. The first-order valence-electron chi connectivity index (χ1n) is 7.13. The molecule has 0 bridgehead atoms. The number of urea groups is 1. The number of amides is 2. The van der Waals surface area contributed by atoms with Gasteiger partial charge < -0.3 is 20.5 Å². The van der Waals surface area contributed by atoms with Gasteiger partial charge in [0.1, 0.15) is 0 Å². The molecule has 1 aliphatic rings. The predicted octanol–water partition coefficient (Wildman–Crippen LogP) is 1.60. The van der Waals surface area contributed by atoms with Crippen LogP contribution in [0.5, 0.6) is 0 Å². The molecule has 0 aromatic carbocycles. The lowest BCUT2D eigenvalue weighted by molar-refractivity contribution is -0.142. The Kier molecular flexibility index (Phi) is 6.26.